The summed E-state index contributed by atoms with van der Waals surface area (Å²) in [5, 5.41) is 20.2. The highest BCUT2D eigenvalue weighted by Gasteiger charge is 2.48. The molecule has 2 aliphatic rings. The van der Waals surface area contributed by atoms with Gasteiger partial charge >= 0.3 is 5.91 Å². The van der Waals surface area contributed by atoms with Crippen LogP contribution in [0.3, 0.4) is 0 Å². The fourth-order valence-electron chi connectivity index (χ4n) is 4.56. The van der Waals surface area contributed by atoms with Crippen molar-refractivity contribution in [2.45, 2.75) is 16.1 Å². The van der Waals surface area contributed by atoms with Gasteiger partial charge in [-0.3, -0.25) is 14.5 Å². The number of rotatable bonds is 7. The predicted molar refractivity (Wildman–Crippen MR) is 151 cm³/mol. The van der Waals surface area contributed by atoms with Crippen molar-refractivity contribution in [2.75, 3.05) is 25.2 Å². The van der Waals surface area contributed by atoms with E-state index < -0.39 is 17.7 Å². The number of ether oxygens (including phenoxy) is 3. The Morgan fingerprint density at radius 3 is 2.52 bits per heavy atom. The Labute approximate surface area is 238 Å². The largest absolute Gasteiger partial charge is 0.507 e. The molecule has 1 N–H and O–H groups in total. The van der Waals surface area contributed by atoms with Crippen LogP contribution in [0, 0.1) is 0 Å². The van der Waals surface area contributed by atoms with Crippen LogP contribution >= 0.6 is 23.1 Å². The van der Waals surface area contributed by atoms with E-state index >= 15 is 0 Å². The Morgan fingerprint density at radius 1 is 1.02 bits per heavy atom. The molecule has 0 aliphatic carbocycles. The minimum atomic E-state index is -0.931. The van der Waals surface area contributed by atoms with Crippen LogP contribution in [0.5, 0.6) is 17.2 Å². The van der Waals surface area contributed by atoms with Crippen molar-refractivity contribution in [3.8, 4) is 17.2 Å². The monoisotopic (exact) mass is 573 g/mol. The summed E-state index contributed by atoms with van der Waals surface area (Å²) in [6.07, 6.45) is 0. The van der Waals surface area contributed by atoms with E-state index in [4.69, 9.17) is 14.2 Å². The highest BCUT2D eigenvalue weighted by Crippen LogP contribution is 2.45. The van der Waals surface area contributed by atoms with Crippen molar-refractivity contribution in [3.05, 3.63) is 95.1 Å². The molecular formula is C29H23N3O6S2. The van der Waals surface area contributed by atoms with E-state index in [1.807, 2.05) is 30.3 Å². The van der Waals surface area contributed by atoms with Gasteiger partial charge in [-0.2, -0.15) is 0 Å². The highest BCUT2D eigenvalue weighted by atomic mass is 32.2. The average molecular weight is 574 g/mol. The molecule has 0 radical (unpaired) electrons. The summed E-state index contributed by atoms with van der Waals surface area (Å²) in [6.45, 7) is 0.795. The Bertz CT molecular complexity index is 1600. The van der Waals surface area contributed by atoms with Gasteiger partial charge in [0, 0.05) is 11.3 Å². The Morgan fingerprint density at radius 2 is 1.77 bits per heavy atom. The lowest BCUT2D eigenvalue weighted by molar-refractivity contribution is -0.132. The minimum absolute atomic E-state index is 0.0551. The molecular weight excluding hydrogens is 550 g/mol. The lowest BCUT2D eigenvalue weighted by Gasteiger charge is -2.23. The van der Waals surface area contributed by atoms with E-state index in [1.54, 1.807) is 49.6 Å². The van der Waals surface area contributed by atoms with Gasteiger partial charge in [-0.1, -0.05) is 65.6 Å². The average Bonchev–Trinajstić information content (AvgIpc) is 3.57. The molecule has 0 saturated carbocycles. The molecule has 1 amide bonds. The number of hydrogen-bond acceptors (Lipinski definition) is 10. The van der Waals surface area contributed by atoms with Crippen molar-refractivity contribution >= 4 is 45.7 Å². The first-order valence-corrected chi connectivity index (χ1v) is 14.2. The number of aliphatic hydroxyl groups excluding tert-OH is 1. The molecule has 2 aliphatic heterocycles. The third kappa shape index (κ3) is 4.89. The van der Waals surface area contributed by atoms with Gasteiger partial charge in [0.2, 0.25) is 5.13 Å². The maximum absolute atomic E-state index is 13.5. The van der Waals surface area contributed by atoms with Crippen LogP contribution in [-0.2, 0) is 15.3 Å². The van der Waals surface area contributed by atoms with Gasteiger partial charge in [-0.05, 0) is 41.5 Å². The fourth-order valence-corrected chi connectivity index (χ4v) is 6.38. The van der Waals surface area contributed by atoms with Gasteiger partial charge in [0.25, 0.3) is 5.78 Å². The lowest BCUT2D eigenvalue weighted by Crippen LogP contribution is -2.29. The zero-order valence-corrected chi connectivity index (χ0v) is 22.9. The van der Waals surface area contributed by atoms with E-state index in [-0.39, 0.29) is 16.5 Å². The number of methoxy groups -OCH3 is 1. The topological polar surface area (TPSA) is 111 Å². The first kappa shape index (κ1) is 25.9. The van der Waals surface area contributed by atoms with Gasteiger partial charge in [0.05, 0.1) is 18.7 Å². The van der Waals surface area contributed by atoms with Crippen LogP contribution in [0.15, 0.2) is 82.7 Å². The molecule has 1 saturated heterocycles. The number of aliphatic hydroxyl groups is 1. The fraction of sp³-hybridized carbons (Fsp3) is 0.172. The van der Waals surface area contributed by atoms with Gasteiger partial charge in [0.1, 0.15) is 24.7 Å². The van der Waals surface area contributed by atoms with Crippen LogP contribution in [0.4, 0.5) is 5.13 Å². The molecule has 4 aromatic rings. The molecule has 1 aromatic heterocycles. The number of carbonyl (C=O) groups is 2. The number of benzene rings is 3. The molecule has 0 unspecified atom stereocenters. The summed E-state index contributed by atoms with van der Waals surface area (Å²) in [5.41, 5.74) is 2.01. The molecule has 3 aromatic carbocycles. The first-order valence-electron chi connectivity index (χ1n) is 12.4. The van der Waals surface area contributed by atoms with Crippen LogP contribution in [0.2, 0.25) is 0 Å². The summed E-state index contributed by atoms with van der Waals surface area (Å²) in [4.78, 5) is 28.3. The van der Waals surface area contributed by atoms with Crippen molar-refractivity contribution < 1.29 is 28.9 Å². The second-order valence-corrected chi connectivity index (χ2v) is 11.1. The maximum atomic E-state index is 13.5. The summed E-state index contributed by atoms with van der Waals surface area (Å²) >= 11 is 2.71. The Hall–Kier alpha value is -4.35. The number of aromatic nitrogens is 2. The number of thioether (sulfide) groups is 1. The summed E-state index contributed by atoms with van der Waals surface area (Å²) in [7, 11) is 1.55. The van der Waals surface area contributed by atoms with Gasteiger partial charge < -0.3 is 19.3 Å². The Kier molecular flexibility index (Phi) is 7.14. The van der Waals surface area contributed by atoms with Crippen LogP contribution in [0.25, 0.3) is 5.76 Å². The number of Topliss-reactive ketones (excluding diaryl/α,β-unsaturated/α-hetero) is 1. The predicted octanol–water partition coefficient (Wildman–Crippen LogP) is 5.24. The molecule has 1 atom stereocenters. The number of hydrogen-bond donors (Lipinski definition) is 1. The molecule has 3 heterocycles. The van der Waals surface area contributed by atoms with Crippen LogP contribution in [0.1, 0.15) is 22.7 Å². The third-order valence-electron chi connectivity index (χ3n) is 6.50. The van der Waals surface area contributed by atoms with Gasteiger partial charge in [-0.15, -0.1) is 10.2 Å². The zero-order valence-electron chi connectivity index (χ0n) is 21.3. The quantitative estimate of drug-likeness (QED) is 0.104. The minimum Gasteiger partial charge on any atom is -0.507 e. The van der Waals surface area contributed by atoms with Crippen molar-refractivity contribution in [1.29, 1.82) is 0 Å². The van der Waals surface area contributed by atoms with Crippen molar-refractivity contribution in [3.63, 3.8) is 0 Å². The molecule has 40 heavy (non-hydrogen) atoms. The van der Waals surface area contributed by atoms with E-state index in [9.17, 15) is 14.7 Å². The smallest absolute Gasteiger partial charge is 0.301 e. The first-order chi connectivity index (χ1) is 19.5. The standard InChI is InChI=1S/C29H23N3O6S2/c1-36-20-10-7-18(8-11-20)24-23(25(33)19-9-12-21-22(15-19)38-14-13-37-21)26(34)27(35)32(24)28-30-31-29(40-28)39-16-17-5-3-2-4-6-17/h2-12,15,24,33H,13-14,16H2,1H3/b25-23+/t24-/m1/s1. The second-order valence-electron chi connectivity index (χ2n) is 8.93. The number of nitrogens with zero attached hydrogens (tertiary/aromatic N) is 3. The number of fused-ring (bicyclic) bond motifs is 1. The van der Waals surface area contributed by atoms with Crippen molar-refractivity contribution in [1.82, 2.24) is 10.2 Å². The maximum Gasteiger partial charge on any atom is 0.301 e. The summed E-state index contributed by atoms with van der Waals surface area (Å²) in [6, 6.07) is 20.9. The Balaban J connectivity index is 1.40. The normalized spacial score (nSPS) is 17.7. The summed E-state index contributed by atoms with van der Waals surface area (Å²) in [5.74, 6) is 0.363. The molecule has 1 fully saturated rings. The number of amides is 1. The van der Waals surface area contributed by atoms with E-state index in [2.05, 4.69) is 10.2 Å². The van der Waals surface area contributed by atoms with Crippen LogP contribution in [-0.4, -0.2) is 47.3 Å². The molecule has 0 bridgehead atoms. The number of anilines is 1. The van der Waals surface area contributed by atoms with Crippen LogP contribution < -0.4 is 19.1 Å². The molecule has 6 rings (SSSR count). The van der Waals surface area contributed by atoms with Gasteiger partial charge in [-0.25, -0.2) is 0 Å². The second kappa shape index (κ2) is 11.0. The molecule has 0 spiro atoms. The summed E-state index contributed by atoms with van der Waals surface area (Å²) < 4.78 is 17.2. The highest BCUT2D eigenvalue weighted by molar-refractivity contribution is 8.00. The van der Waals surface area contributed by atoms with E-state index in [0.29, 0.717) is 51.7 Å². The van der Waals surface area contributed by atoms with E-state index in [1.165, 1.54) is 28.0 Å². The van der Waals surface area contributed by atoms with E-state index in [0.717, 1.165) is 5.56 Å². The molecule has 9 nitrogen and oxygen atoms in total. The zero-order chi connectivity index (χ0) is 27.6. The number of carbonyl (C=O) groups excluding carboxylic acids is 2. The van der Waals surface area contributed by atoms with Gasteiger partial charge in [0.15, 0.2) is 15.8 Å². The molecule has 11 heteroatoms. The molecule has 202 valence electrons. The lowest BCUT2D eigenvalue weighted by atomic mass is 9.95. The number of ketones is 1. The third-order valence-corrected chi connectivity index (χ3v) is 8.63. The van der Waals surface area contributed by atoms with Crippen molar-refractivity contribution in [2.24, 2.45) is 0 Å². The SMILES string of the molecule is COc1ccc([C@@H]2/C(=C(\O)c3ccc4c(c3)OCCO4)C(=O)C(=O)N2c2nnc(SCc3ccccc3)s2)cc1.